The number of anilines is 3. The van der Waals surface area contributed by atoms with Crippen molar-refractivity contribution in [3.05, 3.63) is 82.5 Å². The van der Waals surface area contributed by atoms with Gasteiger partial charge in [-0.05, 0) is 60.7 Å². The Hall–Kier alpha value is -3.43. The second kappa shape index (κ2) is 8.25. The zero-order valence-electron chi connectivity index (χ0n) is 17.6. The van der Waals surface area contributed by atoms with Crippen molar-refractivity contribution in [1.29, 1.82) is 0 Å². The van der Waals surface area contributed by atoms with Gasteiger partial charge in [-0.15, -0.1) is 0 Å². The fourth-order valence-electron chi connectivity index (χ4n) is 4.66. The smallest absolute Gasteiger partial charge is 0.257 e. The number of carbonyl (C=O) groups excluding carboxylic acids is 1. The first-order chi connectivity index (χ1) is 15.5. The average Bonchev–Trinajstić information content (AvgIpc) is 3.43. The van der Waals surface area contributed by atoms with Gasteiger partial charge < -0.3 is 20.9 Å². The van der Waals surface area contributed by atoms with Crippen LogP contribution in [0.4, 0.5) is 17.2 Å². The Labute approximate surface area is 192 Å². The number of amides is 1. The van der Waals surface area contributed by atoms with Crippen LogP contribution in [0, 0.1) is 5.41 Å². The normalized spacial score (nSPS) is 21.8. The number of benzene rings is 1. The number of halogens is 1. The van der Waals surface area contributed by atoms with Gasteiger partial charge in [-0.1, -0.05) is 23.7 Å². The highest BCUT2D eigenvalue weighted by Crippen LogP contribution is 2.42. The molecule has 1 spiro atoms. The highest BCUT2D eigenvalue weighted by molar-refractivity contribution is 6.31. The summed E-state index contributed by atoms with van der Waals surface area (Å²) < 4.78 is 0. The molecule has 6 nitrogen and oxygen atoms in total. The van der Waals surface area contributed by atoms with Gasteiger partial charge in [-0.25, -0.2) is 4.98 Å². The van der Waals surface area contributed by atoms with Gasteiger partial charge in [0.1, 0.15) is 5.82 Å². The number of likely N-dealkylation sites (tertiary alicyclic amines) is 1. The summed E-state index contributed by atoms with van der Waals surface area (Å²) >= 11 is 5.95. The van der Waals surface area contributed by atoms with Crippen molar-refractivity contribution in [2.75, 3.05) is 42.1 Å². The zero-order valence-corrected chi connectivity index (χ0v) is 18.4. The standard InChI is InChI=1S/C25H24ClN5O/c26-19-6-8-20(9-7-19)30-13-11-25(16-30)12-14-31(17-25)23-10-5-18(15-28-23)24(32)29-22-4-2-1-3-21(22)27/h1-6,8,10,15H,11-14,16-17,27H2,(H,29,32). The van der Waals surface area contributed by atoms with Crippen molar-refractivity contribution in [2.45, 2.75) is 12.8 Å². The predicted molar refractivity (Wildman–Crippen MR) is 128 cm³/mol. The fourth-order valence-corrected chi connectivity index (χ4v) is 4.77. The molecule has 2 saturated heterocycles. The molecule has 162 valence electrons. The first-order valence-corrected chi connectivity index (χ1v) is 11.1. The minimum Gasteiger partial charge on any atom is -0.397 e. The molecule has 1 atom stereocenters. The number of nitrogens with zero attached hydrogens (tertiary/aromatic N) is 3. The fraction of sp³-hybridized carbons (Fsp3) is 0.280. The molecule has 0 saturated carbocycles. The Morgan fingerprint density at radius 1 is 1.06 bits per heavy atom. The van der Waals surface area contributed by atoms with E-state index in [-0.39, 0.29) is 11.3 Å². The van der Waals surface area contributed by atoms with Gasteiger partial charge in [0, 0.05) is 37.8 Å². The maximum absolute atomic E-state index is 12.6. The van der Waals surface area contributed by atoms with Gasteiger partial charge >= 0.3 is 0 Å². The third-order valence-corrected chi connectivity index (χ3v) is 6.68. The summed E-state index contributed by atoms with van der Waals surface area (Å²) in [5.74, 6) is 0.685. The molecular formula is C25H24ClN5O. The van der Waals surface area contributed by atoms with E-state index in [1.54, 1.807) is 18.3 Å². The topological polar surface area (TPSA) is 74.5 Å². The van der Waals surface area contributed by atoms with Crippen molar-refractivity contribution in [3.63, 3.8) is 0 Å². The van der Waals surface area contributed by atoms with E-state index in [0.717, 1.165) is 50.5 Å². The molecule has 3 aliphatic rings. The molecule has 1 aliphatic carbocycles. The van der Waals surface area contributed by atoms with Crippen molar-refractivity contribution >= 4 is 34.7 Å². The van der Waals surface area contributed by atoms with E-state index in [1.165, 1.54) is 0 Å². The Morgan fingerprint density at radius 3 is 2.56 bits per heavy atom. The molecule has 1 unspecified atom stereocenters. The molecule has 2 aliphatic heterocycles. The second-order valence-electron chi connectivity index (χ2n) is 8.61. The van der Waals surface area contributed by atoms with Crippen LogP contribution in [-0.2, 0) is 0 Å². The lowest BCUT2D eigenvalue weighted by atomic mass is 9.86. The molecule has 5 rings (SSSR count). The van der Waals surface area contributed by atoms with Crippen LogP contribution >= 0.6 is 11.6 Å². The van der Waals surface area contributed by atoms with Crippen LogP contribution in [0.3, 0.4) is 0 Å². The first kappa shape index (κ1) is 20.5. The van der Waals surface area contributed by atoms with Crippen molar-refractivity contribution in [1.82, 2.24) is 9.88 Å². The summed E-state index contributed by atoms with van der Waals surface area (Å²) in [5, 5.41) is 3.43. The van der Waals surface area contributed by atoms with Crippen molar-refractivity contribution in [2.24, 2.45) is 5.41 Å². The third kappa shape index (κ3) is 4.04. The lowest BCUT2D eigenvalue weighted by Crippen LogP contribution is -2.30. The highest BCUT2D eigenvalue weighted by atomic mass is 35.5. The summed E-state index contributed by atoms with van der Waals surface area (Å²) in [6.45, 7) is 3.92. The van der Waals surface area contributed by atoms with Gasteiger partial charge in [0.25, 0.3) is 5.91 Å². The second-order valence-corrected chi connectivity index (χ2v) is 9.01. The summed E-state index contributed by atoms with van der Waals surface area (Å²) in [7, 11) is 0. The number of hydrogen-bond acceptors (Lipinski definition) is 5. The number of aromatic nitrogens is 1. The number of pyridine rings is 1. The van der Waals surface area contributed by atoms with E-state index >= 15 is 0 Å². The van der Waals surface area contributed by atoms with Gasteiger partial charge in [0.2, 0.25) is 0 Å². The lowest BCUT2D eigenvalue weighted by molar-refractivity contribution is 0.102. The largest absolute Gasteiger partial charge is 0.397 e. The number of carbonyl (C=O) groups is 1. The number of nitrogens with one attached hydrogen (secondary N) is 1. The lowest BCUT2D eigenvalue weighted by Gasteiger charge is -2.26. The van der Waals surface area contributed by atoms with Gasteiger partial charge in [-0.3, -0.25) is 4.79 Å². The third-order valence-electron chi connectivity index (χ3n) is 6.46. The molecule has 7 heteroatoms. The maximum atomic E-state index is 12.6. The molecule has 1 amide bonds. The van der Waals surface area contributed by atoms with Crippen LogP contribution in [0.25, 0.3) is 0 Å². The summed E-state index contributed by atoms with van der Waals surface area (Å²) in [4.78, 5) is 21.8. The minimum atomic E-state index is -0.220. The number of nitrogen functional groups attached to an aromatic ring is 1. The summed E-state index contributed by atoms with van der Waals surface area (Å²) in [5.41, 5.74) is 15.0. The Balaban J connectivity index is 1.23. The van der Waals surface area contributed by atoms with Crippen LogP contribution in [0.2, 0.25) is 0 Å². The molecule has 0 radical (unpaired) electrons. The predicted octanol–water partition coefficient (Wildman–Crippen LogP) is 4.15. The zero-order chi connectivity index (χ0) is 22.1. The van der Waals surface area contributed by atoms with Crippen molar-refractivity contribution in [3.8, 4) is 0 Å². The van der Waals surface area contributed by atoms with Crippen LogP contribution in [-0.4, -0.2) is 42.0 Å². The summed E-state index contributed by atoms with van der Waals surface area (Å²) in [6.07, 6.45) is 7.78. The van der Waals surface area contributed by atoms with Crippen LogP contribution in [0.1, 0.15) is 23.2 Å². The summed E-state index contributed by atoms with van der Waals surface area (Å²) in [6, 6.07) is 11.0. The molecule has 32 heavy (non-hydrogen) atoms. The van der Waals surface area contributed by atoms with Crippen LogP contribution in [0.5, 0.6) is 0 Å². The number of allylic oxidation sites excluding steroid dienone is 3. The number of rotatable bonds is 4. The molecule has 2 fully saturated rings. The Kier molecular flexibility index (Phi) is 5.28. The number of para-hydroxylation sites is 2. The molecule has 1 aromatic carbocycles. The van der Waals surface area contributed by atoms with Crippen LogP contribution < -0.4 is 16.0 Å². The van der Waals surface area contributed by atoms with Gasteiger partial charge in [-0.2, -0.15) is 0 Å². The van der Waals surface area contributed by atoms with Crippen LogP contribution in [0.15, 0.2) is 76.9 Å². The Bertz CT molecular complexity index is 1190. The quantitative estimate of drug-likeness (QED) is 0.546. The average molecular weight is 446 g/mol. The number of nitrogens with two attached hydrogens (primary N) is 1. The van der Waals surface area contributed by atoms with Crippen molar-refractivity contribution < 1.29 is 4.79 Å². The van der Waals surface area contributed by atoms with E-state index in [1.807, 2.05) is 36.4 Å². The van der Waals surface area contributed by atoms with E-state index in [0.29, 0.717) is 22.0 Å². The monoisotopic (exact) mass is 445 g/mol. The molecule has 0 bridgehead atoms. The van der Waals surface area contributed by atoms with E-state index < -0.39 is 0 Å². The van der Waals surface area contributed by atoms with E-state index in [4.69, 9.17) is 17.3 Å². The molecule has 3 heterocycles. The minimum absolute atomic E-state index is 0.220. The highest BCUT2D eigenvalue weighted by Gasteiger charge is 2.44. The van der Waals surface area contributed by atoms with Gasteiger partial charge in [0.05, 0.1) is 27.7 Å². The van der Waals surface area contributed by atoms with E-state index in [9.17, 15) is 4.79 Å². The number of hydrogen-bond donors (Lipinski definition) is 2. The SMILES string of the molecule is Nc1ccccc1NC(=O)c1ccc(N2CCC3(CCN(C4=C=C=C(Cl)C=C4)C3)C2)nc1. The molecule has 2 aromatic rings. The van der Waals surface area contributed by atoms with Gasteiger partial charge in [0.15, 0.2) is 0 Å². The van der Waals surface area contributed by atoms with E-state index in [2.05, 4.69) is 31.6 Å². The first-order valence-electron chi connectivity index (χ1n) is 10.7. The molecular weight excluding hydrogens is 422 g/mol. The maximum Gasteiger partial charge on any atom is 0.257 e. The Morgan fingerprint density at radius 2 is 1.84 bits per heavy atom. The molecule has 3 N–H and O–H groups in total. The molecule has 1 aromatic heterocycles.